The van der Waals surface area contributed by atoms with Crippen molar-refractivity contribution in [3.05, 3.63) is 24.3 Å². The second-order valence-electron chi connectivity index (χ2n) is 5.25. The molecule has 0 aromatic heterocycles. The molecule has 0 heterocycles. The molecular weight excluding hydrogens is 240 g/mol. The van der Waals surface area contributed by atoms with Crippen LogP contribution >= 0.6 is 0 Å². The first kappa shape index (κ1) is 13.7. The maximum absolute atomic E-state index is 11.1. The summed E-state index contributed by atoms with van der Waals surface area (Å²) in [6.45, 7) is 2.35. The molecule has 1 saturated carbocycles. The average molecular weight is 262 g/mol. The van der Waals surface area contributed by atoms with Gasteiger partial charge in [-0.05, 0) is 37.3 Å². The summed E-state index contributed by atoms with van der Waals surface area (Å²) in [6.07, 6.45) is 3.75. The molecule has 0 spiro atoms. The van der Waals surface area contributed by atoms with Crippen molar-refractivity contribution in [3.8, 4) is 5.75 Å². The molecule has 2 rings (SSSR count). The predicted molar refractivity (Wildman–Crippen MR) is 76.4 cm³/mol. The van der Waals surface area contributed by atoms with E-state index in [4.69, 9.17) is 4.74 Å². The van der Waals surface area contributed by atoms with Gasteiger partial charge in [0.2, 0.25) is 0 Å². The molecule has 19 heavy (non-hydrogen) atoms. The SMILES string of the molecule is CNC(=O)COc1cccc(NC2CCC(C)C2)c1. The Kier molecular flexibility index (Phi) is 4.66. The van der Waals surface area contributed by atoms with E-state index in [1.165, 1.54) is 19.3 Å². The molecular formula is C15H22N2O2. The largest absolute Gasteiger partial charge is 0.484 e. The normalized spacial score (nSPS) is 22.0. The molecule has 2 N–H and O–H groups in total. The standard InChI is InChI=1S/C15H22N2O2/c1-11-6-7-13(8-11)17-12-4-3-5-14(9-12)19-10-15(18)16-2/h3-5,9,11,13,17H,6-8,10H2,1-2H3,(H,16,18). The second-order valence-corrected chi connectivity index (χ2v) is 5.25. The topological polar surface area (TPSA) is 50.4 Å². The van der Waals surface area contributed by atoms with Crippen LogP contribution in [0.1, 0.15) is 26.2 Å². The third kappa shape index (κ3) is 4.16. The van der Waals surface area contributed by atoms with Gasteiger partial charge in [-0.1, -0.05) is 13.0 Å². The van der Waals surface area contributed by atoms with Crippen LogP contribution in [-0.4, -0.2) is 25.6 Å². The van der Waals surface area contributed by atoms with Crippen LogP contribution in [0.25, 0.3) is 0 Å². The number of hydrogen-bond acceptors (Lipinski definition) is 3. The van der Waals surface area contributed by atoms with E-state index >= 15 is 0 Å². The quantitative estimate of drug-likeness (QED) is 0.856. The third-order valence-corrected chi connectivity index (χ3v) is 3.55. The van der Waals surface area contributed by atoms with Crippen LogP contribution in [0.3, 0.4) is 0 Å². The molecule has 0 saturated heterocycles. The summed E-state index contributed by atoms with van der Waals surface area (Å²) >= 11 is 0. The van der Waals surface area contributed by atoms with Crippen molar-refractivity contribution in [2.24, 2.45) is 5.92 Å². The lowest BCUT2D eigenvalue weighted by atomic mass is 10.1. The number of likely N-dealkylation sites (N-methyl/N-ethyl adjacent to an activating group) is 1. The molecule has 4 nitrogen and oxygen atoms in total. The number of anilines is 1. The summed E-state index contributed by atoms with van der Waals surface area (Å²) in [4.78, 5) is 11.1. The molecule has 1 aliphatic rings. The Hall–Kier alpha value is -1.71. The molecule has 1 amide bonds. The maximum atomic E-state index is 11.1. The number of hydrogen-bond donors (Lipinski definition) is 2. The summed E-state index contributed by atoms with van der Waals surface area (Å²) in [6, 6.07) is 8.36. The van der Waals surface area contributed by atoms with Crippen molar-refractivity contribution in [2.75, 3.05) is 19.0 Å². The maximum Gasteiger partial charge on any atom is 0.257 e. The summed E-state index contributed by atoms with van der Waals surface area (Å²) in [5.41, 5.74) is 1.06. The Bertz CT molecular complexity index is 434. The van der Waals surface area contributed by atoms with Crippen LogP contribution in [0.15, 0.2) is 24.3 Å². The van der Waals surface area contributed by atoms with Crippen LogP contribution in [0.4, 0.5) is 5.69 Å². The van der Waals surface area contributed by atoms with Gasteiger partial charge in [0, 0.05) is 24.8 Å². The molecule has 1 fully saturated rings. The number of benzene rings is 1. The highest BCUT2D eigenvalue weighted by Gasteiger charge is 2.20. The first-order valence-electron chi connectivity index (χ1n) is 6.87. The highest BCUT2D eigenvalue weighted by molar-refractivity contribution is 5.77. The Morgan fingerprint density at radius 3 is 2.95 bits per heavy atom. The Balaban J connectivity index is 1.89. The van der Waals surface area contributed by atoms with E-state index in [9.17, 15) is 4.79 Å². The van der Waals surface area contributed by atoms with Crippen LogP contribution in [-0.2, 0) is 4.79 Å². The molecule has 2 unspecified atom stereocenters. The van der Waals surface area contributed by atoms with Gasteiger partial charge in [0.05, 0.1) is 0 Å². The van der Waals surface area contributed by atoms with Crippen molar-refractivity contribution in [3.63, 3.8) is 0 Å². The number of rotatable bonds is 5. The summed E-state index contributed by atoms with van der Waals surface area (Å²) in [7, 11) is 1.60. The third-order valence-electron chi connectivity index (χ3n) is 3.55. The molecule has 2 atom stereocenters. The molecule has 104 valence electrons. The first-order chi connectivity index (χ1) is 9.17. The zero-order chi connectivity index (χ0) is 13.7. The minimum absolute atomic E-state index is 0.0560. The molecule has 1 aromatic rings. The monoisotopic (exact) mass is 262 g/mol. The number of carbonyl (C=O) groups excluding carboxylic acids is 1. The fourth-order valence-corrected chi connectivity index (χ4v) is 2.47. The molecule has 0 bridgehead atoms. The highest BCUT2D eigenvalue weighted by Crippen LogP contribution is 2.28. The molecule has 1 aliphatic carbocycles. The zero-order valence-corrected chi connectivity index (χ0v) is 11.6. The fourth-order valence-electron chi connectivity index (χ4n) is 2.47. The van der Waals surface area contributed by atoms with Gasteiger partial charge in [-0.25, -0.2) is 0 Å². The van der Waals surface area contributed by atoms with Crippen molar-refractivity contribution in [1.29, 1.82) is 0 Å². The highest BCUT2D eigenvalue weighted by atomic mass is 16.5. The van der Waals surface area contributed by atoms with Gasteiger partial charge < -0.3 is 15.4 Å². The van der Waals surface area contributed by atoms with E-state index in [1.54, 1.807) is 7.05 Å². The first-order valence-corrected chi connectivity index (χ1v) is 6.87. The summed E-state index contributed by atoms with van der Waals surface area (Å²) < 4.78 is 5.43. The number of nitrogens with one attached hydrogen (secondary N) is 2. The van der Waals surface area contributed by atoms with Gasteiger partial charge in [0.1, 0.15) is 5.75 Å². The second kappa shape index (κ2) is 6.45. The molecule has 0 aliphatic heterocycles. The lowest BCUT2D eigenvalue weighted by Gasteiger charge is -2.15. The van der Waals surface area contributed by atoms with Gasteiger partial charge in [-0.2, -0.15) is 0 Å². The zero-order valence-electron chi connectivity index (χ0n) is 11.6. The minimum Gasteiger partial charge on any atom is -0.484 e. The van der Waals surface area contributed by atoms with Gasteiger partial charge in [0.15, 0.2) is 6.61 Å². The Morgan fingerprint density at radius 1 is 1.42 bits per heavy atom. The molecule has 0 radical (unpaired) electrons. The minimum atomic E-state index is -0.122. The average Bonchev–Trinajstić information content (AvgIpc) is 2.82. The van der Waals surface area contributed by atoms with Gasteiger partial charge >= 0.3 is 0 Å². The Labute approximate surface area is 114 Å². The molecule has 1 aromatic carbocycles. The van der Waals surface area contributed by atoms with Gasteiger partial charge in [-0.15, -0.1) is 0 Å². The van der Waals surface area contributed by atoms with Gasteiger partial charge in [-0.3, -0.25) is 4.79 Å². The lowest BCUT2D eigenvalue weighted by Crippen LogP contribution is -2.24. The van der Waals surface area contributed by atoms with E-state index < -0.39 is 0 Å². The van der Waals surface area contributed by atoms with E-state index in [1.807, 2.05) is 24.3 Å². The van der Waals surface area contributed by atoms with Crippen LogP contribution in [0.2, 0.25) is 0 Å². The van der Waals surface area contributed by atoms with Crippen LogP contribution in [0.5, 0.6) is 5.75 Å². The van der Waals surface area contributed by atoms with E-state index in [-0.39, 0.29) is 12.5 Å². The Morgan fingerprint density at radius 2 is 2.26 bits per heavy atom. The smallest absolute Gasteiger partial charge is 0.257 e. The summed E-state index contributed by atoms with van der Waals surface area (Å²) in [5, 5.41) is 6.07. The number of carbonyl (C=O) groups is 1. The van der Waals surface area contributed by atoms with E-state index in [2.05, 4.69) is 17.6 Å². The van der Waals surface area contributed by atoms with Crippen LogP contribution < -0.4 is 15.4 Å². The van der Waals surface area contributed by atoms with Crippen LogP contribution in [0, 0.1) is 5.92 Å². The lowest BCUT2D eigenvalue weighted by molar-refractivity contribution is -0.122. The van der Waals surface area contributed by atoms with E-state index in [0.29, 0.717) is 6.04 Å². The predicted octanol–water partition coefficient (Wildman–Crippen LogP) is 2.41. The van der Waals surface area contributed by atoms with Crippen molar-refractivity contribution >= 4 is 11.6 Å². The summed E-state index contributed by atoms with van der Waals surface area (Å²) in [5.74, 6) is 1.41. The van der Waals surface area contributed by atoms with E-state index in [0.717, 1.165) is 17.4 Å². The number of amides is 1. The van der Waals surface area contributed by atoms with Gasteiger partial charge in [0.25, 0.3) is 5.91 Å². The van der Waals surface area contributed by atoms with Crippen molar-refractivity contribution < 1.29 is 9.53 Å². The number of ether oxygens (including phenoxy) is 1. The fraction of sp³-hybridized carbons (Fsp3) is 0.533. The molecule has 4 heteroatoms. The van der Waals surface area contributed by atoms with Crippen molar-refractivity contribution in [1.82, 2.24) is 5.32 Å². The van der Waals surface area contributed by atoms with Crippen molar-refractivity contribution in [2.45, 2.75) is 32.2 Å².